The number of nitrogens with zero attached hydrogens (tertiary/aromatic N) is 1. The minimum atomic E-state index is -1.22. The van der Waals surface area contributed by atoms with Crippen molar-refractivity contribution in [3.63, 3.8) is 0 Å². The summed E-state index contributed by atoms with van der Waals surface area (Å²) in [5.41, 5.74) is 0.356. The van der Waals surface area contributed by atoms with Gasteiger partial charge in [0.1, 0.15) is 16.6 Å². The topological polar surface area (TPSA) is 91.0 Å². The number of halogens is 1. The molecule has 0 bridgehead atoms. The highest BCUT2D eigenvalue weighted by atomic mass is 32.1. The van der Waals surface area contributed by atoms with Gasteiger partial charge in [0, 0.05) is 15.8 Å². The lowest BCUT2D eigenvalue weighted by Gasteiger charge is -2.07. The highest BCUT2D eigenvalue weighted by Gasteiger charge is 2.24. The second kappa shape index (κ2) is 6.67. The Labute approximate surface area is 135 Å². The van der Waals surface area contributed by atoms with Crippen LogP contribution in [-0.2, 0) is 9.53 Å². The fourth-order valence-electron chi connectivity index (χ4n) is 2.14. The van der Waals surface area contributed by atoms with Gasteiger partial charge >= 0.3 is 5.97 Å². The van der Waals surface area contributed by atoms with E-state index in [1.807, 2.05) is 0 Å². The molecule has 1 atom stereocenters. The molecule has 0 aliphatic carbocycles. The third-order valence-electron chi connectivity index (χ3n) is 3.32. The summed E-state index contributed by atoms with van der Waals surface area (Å²) in [5.74, 6) is -3.03. The fraction of sp³-hybridized carbons (Fsp3) is 0.250. The van der Waals surface area contributed by atoms with Gasteiger partial charge in [-0.3, -0.25) is 4.79 Å². The molecule has 0 amide bonds. The van der Waals surface area contributed by atoms with E-state index >= 15 is 0 Å². The van der Waals surface area contributed by atoms with Crippen molar-refractivity contribution in [3.8, 4) is 6.07 Å². The first kappa shape index (κ1) is 16.8. The molecule has 5 nitrogen and oxygen atoms in total. The Balaban J connectivity index is 2.18. The largest absolute Gasteiger partial charge is 0.453 e. The van der Waals surface area contributed by atoms with Crippen LogP contribution in [0.5, 0.6) is 0 Å². The summed E-state index contributed by atoms with van der Waals surface area (Å²) in [6.45, 7) is 2.36. The molecule has 2 aromatic rings. The molecule has 1 heterocycles. The second-order valence-corrected chi connectivity index (χ2v) is 6.01. The zero-order valence-corrected chi connectivity index (χ0v) is 13.3. The molecule has 1 N–H and O–H groups in total. The highest BCUT2D eigenvalue weighted by Crippen LogP contribution is 2.32. The molecule has 0 unspecified atom stereocenters. The molecule has 2 rings (SSSR count). The van der Waals surface area contributed by atoms with Crippen LogP contribution >= 0.6 is 11.3 Å². The van der Waals surface area contributed by atoms with E-state index in [1.165, 1.54) is 13.0 Å². The van der Waals surface area contributed by atoms with Crippen LogP contribution in [0.1, 0.15) is 22.2 Å². The molecule has 0 fully saturated rings. The van der Waals surface area contributed by atoms with Crippen LogP contribution < -0.4 is 0 Å². The van der Waals surface area contributed by atoms with Crippen LogP contribution in [0, 0.1) is 35.4 Å². The molecule has 0 spiro atoms. The van der Waals surface area contributed by atoms with Gasteiger partial charge in [-0.05, 0) is 31.5 Å². The number of carbonyl (C=O) groups excluding carboxylic acids is 2. The van der Waals surface area contributed by atoms with Crippen LogP contribution in [0.25, 0.3) is 10.1 Å². The van der Waals surface area contributed by atoms with Crippen molar-refractivity contribution in [2.75, 3.05) is 6.61 Å². The summed E-state index contributed by atoms with van der Waals surface area (Å²) in [4.78, 5) is 24.1. The van der Waals surface area contributed by atoms with Gasteiger partial charge in [-0.1, -0.05) is 6.07 Å². The number of hydrogen-bond acceptors (Lipinski definition) is 6. The van der Waals surface area contributed by atoms with Crippen molar-refractivity contribution in [1.29, 1.82) is 10.7 Å². The maximum absolute atomic E-state index is 13.8. The monoisotopic (exact) mass is 332 g/mol. The standard InChI is InChI=1S/C16H13FN2O3S/c1-8-14-11(17)4-3-5-13(14)23-15(8)16(21)22-7-12(20)10(6-18)9(2)19/h3-5,10,19H,7H2,1-2H3/t10-/m1/s1. The Hall–Kier alpha value is -2.59. The molecule has 0 aliphatic rings. The van der Waals surface area contributed by atoms with Crippen molar-refractivity contribution in [2.24, 2.45) is 5.92 Å². The quantitative estimate of drug-likeness (QED) is 0.672. The Kier molecular flexibility index (Phi) is 4.86. The molecule has 23 heavy (non-hydrogen) atoms. The first-order chi connectivity index (χ1) is 10.9. The molecule has 0 radical (unpaired) electrons. The van der Waals surface area contributed by atoms with Crippen molar-refractivity contribution in [3.05, 3.63) is 34.5 Å². The molecule has 1 aromatic heterocycles. The zero-order chi connectivity index (χ0) is 17.1. The number of hydrogen-bond donors (Lipinski definition) is 1. The number of thiophene rings is 1. The minimum Gasteiger partial charge on any atom is -0.453 e. The molecular formula is C16H13FN2O3S. The number of aryl methyl sites for hydroxylation is 1. The number of nitriles is 1. The Bertz CT molecular complexity index is 851. The number of Topliss-reactive ketones (excluding diaryl/α,β-unsaturated/α-hetero) is 1. The van der Waals surface area contributed by atoms with Gasteiger partial charge in [0.25, 0.3) is 0 Å². The molecular weight excluding hydrogens is 319 g/mol. The average molecular weight is 332 g/mol. The number of benzene rings is 1. The summed E-state index contributed by atoms with van der Waals surface area (Å²) >= 11 is 1.09. The number of fused-ring (bicyclic) bond motifs is 1. The summed E-state index contributed by atoms with van der Waals surface area (Å²) in [7, 11) is 0. The number of rotatable bonds is 5. The number of carbonyl (C=O) groups is 2. The summed E-state index contributed by atoms with van der Waals surface area (Å²) in [6.07, 6.45) is 0. The fourth-order valence-corrected chi connectivity index (χ4v) is 3.26. The van der Waals surface area contributed by atoms with Gasteiger partial charge < -0.3 is 10.1 Å². The highest BCUT2D eigenvalue weighted by molar-refractivity contribution is 7.21. The van der Waals surface area contributed by atoms with E-state index < -0.39 is 30.1 Å². The number of ether oxygens (including phenoxy) is 1. The van der Waals surface area contributed by atoms with E-state index in [9.17, 15) is 14.0 Å². The van der Waals surface area contributed by atoms with Crippen LogP contribution in [0.2, 0.25) is 0 Å². The van der Waals surface area contributed by atoms with Gasteiger partial charge in [-0.2, -0.15) is 5.26 Å². The molecule has 0 aliphatic heterocycles. The Morgan fingerprint density at radius 1 is 1.48 bits per heavy atom. The second-order valence-electron chi connectivity index (χ2n) is 4.96. The number of esters is 1. The lowest BCUT2D eigenvalue weighted by Crippen LogP contribution is -2.25. The predicted molar refractivity (Wildman–Crippen MR) is 84.3 cm³/mol. The molecule has 0 saturated carbocycles. The van der Waals surface area contributed by atoms with Gasteiger partial charge in [0.15, 0.2) is 12.4 Å². The lowest BCUT2D eigenvalue weighted by molar-refractivity contribution is -0.122. The third kappa shape index (κ3) is 3.27. The van der Waals surface area contributed by atoms with Gasteiger partial charge in [-0.25, -0.2) is 9.18 Å². The van der Waals surface area contributed by atoms with Crippen molar-refractivity contribution in [1.82, 2.24) is 0 Å². The van der Waals surface area contributed by atoms with E-state index in [2.05, 4.69) is 0 Å². The minimum absolute atomic E-state index is 0.103. The van der Waals surface area contributed by atoms with Gasteiger partial charge in [0.2, 0.25) is 0 Å². The van der Waals surface area contributed by atoms with Gasteiger partial charge in [0.05, 0.1) is 6.07 Å². The average Bonchev–Trinajstić information content (AvgIpc) is 2.83. The lowest BCUT2D eigenvalue weighted by atomic mass is 10.0. The normalized spacial score (nSPS) is 11.7. The first-order valence-electron chi connectivity index (χ1n) is 6.69. The summed E-state index contributed by atoms with van der Waals surface area (Å²) in [5, 5.41) is 16.5. The SMILES string of the molecule is CC(=N)[C@@H](C#N)C(=O)COC(=O)c1sc2cccc(F)c2c1C. The van der Waals surface area contributed by atoms with Crippen molar-refractivity contribution >= 4 is 38.9 Å². The Morgan fingerprint density at radius 3 is 2.74 bits per heavy atom. The van der Waals surface area contributed by atoms with Crippen LogP contribution in [0.3, 0.4) is 0 Å². The van der Waals surface area contributed by atoms with Crippen LogP contribution in [0.4, 0.5) is 4.39 Å². The molecule has 7 heteroatoms. The number of ketones is 1. The maximum Gasteiger partial charge on any atom is 0.349 e. The van der Waals surface area contributed by atoms with E-state index in [1.54, 1.807) is 25.1 Å². The van der Waals surface area contributed by atoms with E-state index in [0.717, 1.165) is 11.3 Å². The molecule has 1 aromatic carbocycles. The summed E-state index contributed by atoms with van der Waals surface area (Å²) in [6, 6.07) is 6.25. The van der Waals surface area contributed by atoms with E-state index in [-0.39, 0.29) is 10.6 Å². The van der Waals surface area contributed by atoms with Crippen LogP contribution in [0.15, 0.2) is 18.2 Å². The Morgan fingerprint density at radius 2 is 2.17 bits per heavy atom. The third-order valence-corrected chi connectivity index (χ3v) is 4.56. The van der Waals surface area contributed by atoms with E-state index in [4.69, 9.17) is 15.4 Å². The summed E-state index contributed by atoms with van der Waals surface area (Å²) < 4.78 is 19.4. The van der Waals surface area contributed by atoms with Gasteiger partial charge in [-0.15, -0.1) is 11.3 Å². The number of nitrogens with one attached hydrogen (secondary N) is 1. The molecule has 0 saturated heterocycles. The first-order valence-corrected chi connectivity index (χ1v) is 7.50. The van der Waals surface area contributed by atoms with Crippen LogP contribution in [-0.4, -0.2) is 24.1 Å². The van der Waals surface area contributed by atoms with Crippen molar-refractivity contribution in [2.45, 2.75) is 13.8 Å². The van der Waals surface area contributed by atoms with Crippen molar-refractivity contribution < 1.29 is 18.7 Å². The molecule has 118 valence electrons. The zero-order valence-electron chi connectivity index (χ0n) is 12.5. The smallest absolute Gasteiger partial charge is 0.349 e. The van der Waals surface area contributed by atoms with E-state index in [0.29, 0.717) is 15.6 Å². The maximum atomic E-state index is 13.8. The predicted octanol–water partition coefficient (Wildman–Crippen LogP) is 3.25.